The highest BCUT2D eigenvalue weighted by atomic mass is 16.3. The number of rotatable bonds is 3. The molecule has 0 bridgehead atoms. The molecule has 0 amide bonds. The van der Waals surface area contributed by atoms with Crippen LogP contribution >= 0.6 is 0 Å². The van der Waals surface area contributed by atoms with Crippen molar-refractivity contribution in [2.24, 2.45) is 11.8 Å². The average Bonchev–Trinajstić information content (AvgIpc) is 3.21. The van der Waals surface area contributed by atoms with E-state index in [1.54, 1.807) is 0 Å². The Morgan fingerprint density at radius 2 is 1.79 bits per heavy atom. The zero-order valence-electron chi connectivity index (χ0n) is 11.4. The minimum atomic E-state index is -0.308. The smallest absolute Gasteiger partial charge is 0.0824 e. The van der Waals surface area contributed by atoms with Crippen molar-refractivity contribution in [3.8, 4) is 0 Å². The van der Waals surface area contributed by atoms with Crippen LogP contribution in [0.3, 0.4) is 0 Å². The Hall–Kier alpha value is -1.34. The summed E-state index contributed by atoms with van der Waals surface area (Å²) in [6.45, 7) is 2.20. The summed E-state index contributed by atoms with van der Waals surface area (Å²) in [5.41, 5.74) is 4.06. The number of aliphatic hydroxyl groups excluding tert-OH is 1. The normalized spacial score (nSPS) is 20.7. The van der Waals surface area contributed by atoms with Gasteiger partial charge in [-0.3, -0.25) is 0 Å². The lowest BCUT2D eigenvalue weighted by Gasteiger charge is -2.21. The minimum absolute atomic E-state index is 0.308. The van der Waals surface area contributed by atoms with E-state index >= 15 is 0 Å². The summed E-state index contributed by atoms with van der Waals surface area (Å²) in [5.74, 6) is 1.12. The van der Waals surface area contributed by atoms with Gasteiger partial charge in [-0.25, -0.2) is 0 Å². The predicted octanol–water partition coefficient (Wildman–Crippen LogP) is 4.02. The van der Waals surface area contributed by atoms with Crippen LogP contribution in [0, 0.1) is 11.8 Å². The molecule has 0 aromatic heterocycles. The van der Waals surface area contributed by atoms with Crippen LogP contribution < -0.4 is 0 Å². The number of hydrogen-bond donors (Lipinski definition) is 1. The topological polar surface area (TPSA) is 20.2 Å². The van der Waals surface area contributed by atoms with Gasteiger partial charge in [-0.15, -0.1) is 0 Å². The molecule has 2 aliphatic rings. The van der Waals surface area contributed by atoms with E-state index in [4.69, 9.17) is 0 Å². The summed E-state index contributed by atoms with van der Waals surface area (Å²) in [6.07, 6.45) is 4.59. The van der Waals surface area contributed by atoms with Crippen molar-refractivity contribution in [2.75, 3.05) is 0 Å². The SMILES string of the molecule is CC(C1CC1)C(O)c1ccc2c3c(cccc13)CC2. The second-order valence-corrected chi connectivity index (χ2v) is 6.29. The van der Waals surface area contributed by atoms with Crippen molar-refractivity contribution in [1.29, 1.82) is 0 Å². The van der Waals surface area contributed by atoms with E-state index in [1.165, 1.54) is 34.7 Å². The Morgan fingerprint density at radius 1 is 1.05 bits per heavy atom. The lowest BCUT2D eigenvalue weighted by Crippen LogP contribution is -2.11. The fourth-order valence-electron chi connectivity index (χ4n) is 3.69. The summed E-state index contributed by atoms with van der Waals surface area (Å²) in [5, 5.41) is 13.4. The van der Waals surface area contributed by atoms with Gasteiger partial charge >= 0.3 is 0 Å². The largest absolute Gasteiger partial charge is 0.388 e. The molecule has 2 atom stereocenters. The molecule has 0 heterocycles. The maximum absolute atomic E-state index is 10.7. The molecular formula is C18H20O. The fraction of sp³-hybridized carbons (Fsp3) is 0.444. The van der Waals surface area contributed by atoms with E-state index in [0.29, 0.717) is 5.92 Å². The molecule has 19 heavy (non-hydrogen) atoms. The second-order valence-electron chi connectivity index (χ2n) is 6.29. The summed E-state index contributed by atoms with van der Waals surface area (Å²) in [7, 11) is 0. The van der Waals surface area contributed by atoms with Crippen LogP contribution in [0.1, 0.15) is 42.6 Å². The van der Waals surface area contributed by atoms with E-state index in [1.807, 2.05) is 0 Å². The van der Waals surface area contributed by atoms with Crippen LogP contribution in [0.2, 0.25) is 0 Å². The highest BCUT2D eigenvalue weighted by molar-refractivity contribution is 5.93. The first-order valence-electron chi connectivity index (χ1n) is 7.47. The summed E-state index contributed by atoms with van der Waals surface area (Å²) < 4.78 is 0. The molecule has 4 rings (SSSR count). The van der Waals surface area contributed by atoms with Gasteiger partial charge < -0.3 is 5.11 Å². The van der Waals surface area contributed by atoms with Crippen LogP contribution in [0.5, 0.6) is 0 Å². The van der Waals surface area contributed by atoms with Crippen molar-refractivity contribution >= 4 is 10.8 Å². The zero-order chi connectivity index (χ0) is 13.0. The van der Waals surface area contributed by atoms with Gasteiger partial charge in [0.2, 0.25) is 0 Å². The third kappa shape index (κ3) is 1.72. The van der Waals surface area contributed by atoms with Gasteiger partial charge in [0.15, 0.2) is 0 Å². The van der Waals surface area contributed by atoms with Crippen molar-refractivity contribution < 1.29 is 5.11 Å². The molecule has 0 aliphatic heterocycles. The van der Waals surface area contributed by atoms with Crippen molar-refractivity contribution in [3.63, 3.8) is 0 Å². The van der Waals surface area contributed by atoms with E-state index in [0.717, 1.165) is 24.3 Å². The van der Waals surface area contributed by atoms with Gasteiger partial charge in [0.1, 0.15) is 0 Å². The maximum atomic E-state index is 10.7. The van der Waals surface area contributed by atoms with E-state index in [2.05, 4.69) is 37.3 Å². The van der Waals surface area contributed by atoms with Crippen LogP contribution in [0.4, 0.5) is 0 Å². The maximum Gasteiger partial charge on any atom is 0.0824 e. The Balaban J connectivity index is 1.86. The molecule has 0 spiro atoms. The van der Waals surface area contributed by atoms with Crippen LogP contribution in [-0.4, -0.2) is 5.11 Å². The van der Waals surface area contributed by atoms with Crippen LogP contribution in [0.15, 0.2) is 30.3 Å². The van der Waals surface area contributed by atoms with Crippen molar-refractivity contribution in [3.05, 3.63) is 47.0 Å². The zero-order valence-corrected chi connectivity index (χ0v) is 11.4. The summed E-state index contributed by atoms with van der Waals surface area (Å²) in [6, 6.07) is 11.0. The van der Waals surface area contributed by atoms with Gasteiger partial charge in [0, 0.05) is 0 Å². The van der Waals surface area contributed by atoms with Crippen LogP contribution in [0.25, 0.3) is 10.8 Å². The first-order chi connectivity index (χ1) is 9.25. The third-order valence-electron chi connectivity index (χ3n) is 5.09. The molecule has 1 N–H and O–H groups in total. The highest BCUT2D eigenvalue weighted by Crippen LogP contribution is 2.44. The molecule has 1 nitrogen and oxygen atoms in total. The molecule has 2 aromatic carbocycles. The fourth-order valence-corrected chi connectivity index (χ4v) is 3.69. The van der Waals surface area contributed by atoms with Gasteiger partial charge in [-0.2, -0.15) is 0 Å². The first kappa shape index (κ1) is 11.5. The Labute approximate surface area is 114 Å². The average molecular weight is 252 g/mol. The van der Waals surface area contributed by atoms with Gasteiger partial charge in [0.05, 0.1) is 6.10 Å². The highest BCUT2D eigenvalue weighted by Gasteiger charge is 2.34. The molecule has 1 fully saturated rings. The van der Waals surface area contributed by atoms with Crippen LogP contribution in [-0.2, 0) is 12.8 Å². The van der Waals surface area contributed by atoms with E-state index in [-0.39, 0.29) is 6.10 Å². The summed E-state index contributed by atoms with van der Waals surface area (Å²) >= 11 is 0. The first-order valence-corrected chi connectivity index (χ1v) is 7.47. The quantitative estimate of drug-likeness (QED) is 0.874. The predicted molar refractivity (Wildman–Crippen MR) is 78.2 cm³/mol. The van der Waals surface area contributed by atoms with Crippen molar-refractivity contribution in [2.45, 2.75) is 38.7 Å². The standard InChI is InChI=1S/C18H20O/c1-11(12-5-6-12)18(19)16-10-9-14-8-7-13-3-2-4-15(16)17(13)14/h2-4,9-12,18-19H,5-8H2,1H3. The third-order valence-corrected chi connectivity index (χ3v) is 5.09. The molecule has 2 aliphatic carbocycles. The molecular weight excluding hydrogens is 232 g/mol. The number of hydrogen-bond acceptors (Lipinski definition) is 1. The number of benzene rings is 2. The van der Waals surface area contributed by atoms with Gasteiger partial charge in [-0.05, 0) is 65.0 Å². The van der Waals surface area contributed by atoms with Gasteiger partial charge in [-0.1, -0.05) is 37.3 Å². The molecule has 1 heteroatoms. The molecule has 2 unspecified atom stereocenters. The summed E-state index contributed by atoms with van der Waals surface area (Å²) in [4.78, 5) is 0. The molecule has 98 valence electrons. The molecule has 0 saturated heterocycles. The number of aryl methyl sites for hydroxylation is 2. The Kier molecular flexibility index (Phi) is 2.46. The molecule has 0 radical (unpaired) electrons. The lowest BCUT2D eigenvalue weighted by molar-refractivity contribution is 0.107. The second kappa shape index (κ2) is 4.08. The minimum Gasteiger partial charge on any atom is -0.388 e. The van der Waals surface area contributed by atoms with E-state index < -0.39 is 0 Å². The van der Waals surface area contributed by atoms with E-state index in [9.17, 15) is 5.11 Å². The lowest BCUT2D eigenvalue weighted by atomic mass is 9.89. The van der Waals surface area contributed by atoms with Gasteiger partial charge in [0.25, 0.3) is 0 Å². The molecule has 1 saturated carbocycles. The Bertz CT molecular complexity index is 629. The molecule has 2 aromatic rings. The monoisotopic (exact) mass is 252 g/mol. The Morgan fingerprint density at radius 3 is 2.53 bits per heavy atom. The van der Waals surface area contributed by atoms with Crippen molar-refractivity contribution in [1.82, 2.24) is 0 Å². The number of aliphatic hydroxyl groups is 1.